The Kier molecular flexibility index (Phi) is 4.53. The molecule has 1 heterocycles. The summed E-state index contributed by atoms with van der Waals surface area (Å²) in [5, 5.41) is 4.78. The number of hydrogen-bond donors (Lipinski definition) is 1. The lowest BCUT2D eigenvalue weighted by Crippen LogP contribution is -2.32. The van der Waals surface area contributed by atoms with E-state index in [1.807, 2.05) is 38.1 Å². The van der Waals surface area contributed by atoms with E-state index < -0.39 is 0 Å². The Labute approximate surface area is 129 Å². The van der Waals surface area contributed by atoms with Gasteiger partial charge in [0.05, 0.1) is 17.9 Å². The zero-order chi connectivity index (χ0) is 15.6. The summed E-state index contributed by atoms with van der Waals surface area (Å²) >= 11 is 5.89. The second-order valence-electron chi connectivity index (χ2n) is 4.91. The maximum absolute atomic E-state index is 12.6. The van der Waals surface area contributed by atoms with Crippen molar-refractivity contribution in [2.45, 2.75) is 26.4 Å². The number of hydrogen-bond acceptors (Lipinski definition) is 3. The summed E-state index contributed by atoms with van der Waals surface area (Å²) in [6, 6.07) is 7.37. The summed E-state index contributed by atoms with van der Waals surface area (Å²) in [5.74, 6) is -0.144. The summed E-state index contributed by atoms with van der Waals surface area (Å²) in [6.45, 7) is 4.48. The SMILES string of the molecule is CCn1ncc(N)c1C(=O)N(C)C(C)c1ccc(Cl)cc1. The lowest BCUT2D eigenvalue weighted by Gasteiger charge is -2.25. The molecule has 0 fully saturated rings. The number of carbonyl (C=O) groups is 1. The van der Waals surface area contributed by atoms with Crippen LogP contribution in [0.4, 0.5) is 5.69 Å². The van der Waals surface area contributed by atoms with Crippen LogP contribution in [0.25, 0.3) is 0 Å². The molecule has 1 aromatic heterocycles. The molecule has 1 unspecified atom stereocenters. The maximum atomic E-state index is 12.6. The predicted octanol–water partition coefficient (Wildman–Crippen LogP) is 2.97. The number of aromatic nitrogens is 2. The first-order valence-electron chi connectivity index (χ1n) is 6.79. The third-order valence-corrected chi connectivity index (χ3v) is 3.88. The Morgan fingerprint density at radius 2 is 2.05 bits per heavy atom. The van der Waals surface area contributed by atoms with Crippen LogP contribution in [0.2, 0.25) is 5.02 Å². The largest absolute Gasteiger partial charge is 0.396 e. The van der Waals surface area contributed by atoms with Crippen molar-refractivity contribution in [2.75, 3.05) is 12.8 Å². The number of benzene rings is 1. The number of amides is 1. The minimum atomic E-state index is -0.144. The highest BCUT2D eigenvalue weighted by atomic mass is 35.5. The van der Waals surface area contributed by atoms with Gasteiger partial charge in [-0.05, 0) is 31.5 Å². The highest BCUT2D eigenvalue weighted by Crippen LogP contribution is 2.23. The Morgan fingerprint density at radius 1 is 1.43 bits per heavy atom. The fraction of sp³-hybridized carbons (Fsp3) is 0.333. The first-order chi connectivity index (χ1) is 9.95. The molecule has 0 saturated carbocycles. The number of aryl methyl sites for hydroxylation is 1. The van der Waals surface area contributed by atoms with Gasteiger partial charge in [0.15, 0.2) is 0 Å². The van der Waals surface area contributed by atoms with Crippen molar-refractivity contribution in [3.05, 3.63) is 46.7 Å². The normalized spacial score (nSPS) is 12.2. The van der Waals surface area contributed by atoms with Gasteiger partial charge >= 0.3 is 0 Å². The molecule has 21 heavy (non-hydrogen) atoms. The Hall–Kier alpha value is -2.01. The van der Waals surface area contributed by atoms with Gasteiger partial charge < -0.3 is 10.6 Å². The predicted molar refractivity (Wildman–Crippen MR) is 84.3 cm³/mol. The molecule has 0 aliphatic carbocycles. The van der Waals surface area contributed by atoms with Crippen molar-refractivity contribution in [3.63, 3.8) is 0 Å². The van der Waals surface area contributed by atoms with Gasteiger partial charge in [0.25, 0.3) is 5.91 Å². The first-order valence-corrected chi connectivity index (χ1v) is 7.17. The van der Waals surface area contributed by atoms with Crippen molar-refractivity contribution >= 4 is 23.2 Å². The second kappa shape index (κ2) is 6.18. The third kappa shape index (κ3) is 3.03. The zero-order valence-electron chi connectivity index (χ0n) is 12.4. The number of nitrogen functional groups attached to an aromatic ring is 1. The van der Waals surface area contributed by atoms with E-state index in [9.17, 15) is 4.79 Å². The fourth-order valence-corrected chi connectivity index (χ4v) is 2.31. The molecule has 2 rings (SSSR count). The first kappa shape index (κ1) is 15.4. The molecular formula is C15H19ClN4O. The van der Waals surface area contributed by atoms with Crippen LogP contribution in [-0.2, 0) is 6.54 Å². The van der Waals surface area contributed by atoms with Gasteiger partial charge in [-0.3, -0.25) is 9.48 Å². The third-order valence-electron chi connectivity index (χ3n) is 3.62. The molecule has 0 aliphatic rings. The van der Waals surface area contributed by atoms with Gasteiger partial charge in [0.1, 0.15) is 5.69 Å². The van der Waals surface area contributed by atoms with Crippen molar-refractivity contribution in [1.29, 1.82) is 0 Å². The number of rotatable bonds is 4. The number of nitrogens with two attached hydrogens (primary N) is 1. The summed E-state index contributed by atoms with van der Waals surface area (Å²) < 4.78 is 1.61. The molecule has 2 aromatic rings. The monoisotopic (exact) mass is 306 g/mol. The maximum Gasteiger partial charge on any atom is 0.274 e. The Bertz CT molecular complexity index is 636. The number of halogens is 1. The van der Waals surface area contributed by atoms with Gasteiger partial charge in [-0.2, -0.15) is 5.10 Å². The minimum absolute atomic E-state index is 0.0885. The van der Waals surface area contributed by atoms with Gasteiger partial charge in [-0.25, -0.2) is 0 Å². The molecule has 6 heteroatoms. The topological polar surface area (TPSA) is 64.2 Å². The lowest BCUT2D eigenvalue weighted by molar-refractivity contribution is 0.0731. The molecule has 0 spiro atoms. The highest BCUT2D eigenvalue weighted by molar-refractivity contribution is 6.30. The molecule has 0 saturated heterocycles. The zero-order valence-corrected chi connectivity index (χ0v) is 13.1. The summed E-state index contributed by atoms with van der Waals surface area (Å²) in [6.07, 6.45) is 1.51. The summed E-state index contributed by atoms with van der Waals surface area (Å²) in [7, 11) is 1.76. The molecule has 1 aromatic carbocycles. The van der Waals surface area contributed by atoms with E-state index in [0.29, 0.717) is 22.9 Å². The average Bonchev–Trinajstić information content (AvgIpc) is 2.86. The quantitative estimate of drug-likeness (QED) is 0.944. The molecular weight excluding hydrogens is 288 g/mol. The molecule has 112 valence electrons. The Balaban J connectivity index is 2.26. The molecule has 5 nitrogen and oxygen atoms in total. The summed E-state index contributed by atoms with van der Waals surface area (Å²) in [5.41, 5.74) is 7.71. The summed E-state index contributed by atoms with van der Waals surface area (Å²) in [4.78, 5) is 14.3. The number of nitrogens with zero attached hydrogens (tertiary/aromatic N) is 3. The van der Waals surface area contributed by atoms with Crippen LogP contribution in [0.15, 0.2) is 30.5 Å². The van der Waals surface area contributed by atoms with E-state index in [4.69, 9.17) is 17.3 Å². The van der Waals surface area contributed by atoms with Crippen molar-refractivity contribution in [2.24, 2.45) is 0 Å². The van der Waals surface area contributed by atoms with E-state index in [-0.39, 0.29) is 11.9 Å². The second-order valence-corrected chi connectivity index (χ2v) is 5.34. The minimum Gasteiger partial charge on any atom is -0.396 e. The highest BCUT2D eigenvalue weighted by Gasteiger charge is 2.24. The van der Waals surface area contributed by atoms with Crippen LogP contribution in [0, 0.1) is 0 Å². The standard InChI is InChI=1S/C15H19ClN4O/c1-4-20-14(13(17)9-18-20)15(21)19(3)10(2)11-5-7-12(16)8-6-11/h5-10H,4,17H2,1-3H3. The molecule has 1 atom stereocenters. The molecule has 0 bridgehead atoms. The molecule has 1 amide bonds. The van der Waals surface area contributed by atoms with E-state index >= 15 is 0 Å². The van der Waals surface area contributed by atoms with Crippen LogP contribution in [0.5, 0.6) is 0 Å². The van der Waals surface area contributed by atoms with Crippen LogP contribution in [-0.4, -0.2) is 27.6 Å². The van der Waals surface area contributed by atoms with Crippen LogP contribution >= 0.6 is 11.6 Å². The van der Waals surface area contributed by atoms with E-state index in [1.165, 1.54) is 6.20 Å². The van der Waals surface area contributed by atoms with Crippen molar-refractivity contribution in [3.8, 4) is 0 Å². The van der Waals surface area contributed by atoms with Crippen LogP contribution < -0.4 is 5.73 Å². The number of anilines is 1. The number of carbonyl (C=O) groups excluding carboxylic acids is 1. The molecule has 0 aliphatic heterocycles. The van der Waals surface area contributed by atoms with Crippen LogP contribution in [0.3, 0.4) is 0 Å². The van der Waals surface area contributed by atoms with Gasteiger partial charge in [0, 0.05) is 18.6 Å². The average molecular weight is 307 g/mol. The van der Waals surface area contributed by atoms with E-state index in [0.717, 1.165) is 5.56 Å². The van der Waals surface area contributed by atoms with Gasteiger partial charge in [-0.15, -0.1) is 0 Å². The smallest absolute Gasteiger partial charge is 0.274 e. The van der Waals surface area contributed by atoms with Crippen LogP contribution in [0.1, 0.15) is 35.9 Å². The van der Waals surface area contributed by atoms with Gasteiger partial charge in [0.2, 0.25) is 0 Å². The van der Waals surface area contributed by atoms with E-state index in [2.05, 4.69) is 5.10 Å². The Morgan fingerprint density at radius 3 is 2.62 bits per heavy atom. The fourth-order valence-electron chi connectivity index (χ4n) is 2.18. The lowest BCUT2D eigenvalue weighted by atomic mass is 10.1. The van der Waals surface area contributed by atoms with Gasteiger partial charge in [-0.1, -0.05) is 23.7 Å². The molecule has 0 radical (unpaired) electrons. The van der Waals surface area contributed by atoms with Crippen molar-refractivity contribution in [1.82, 2.24) is 14.7 Å². The van der Waals surface area contributed by atoms with Crippen molar-refractivity contribution < 1.29 is 4.79 Å². The van der Waals surface area contributed by atoms with E-state index in [1.54, 1.807) is 16.6 Å². The molecule has 2 N–H and O–H groups in total.